The molecule has 2 aromatic carbocycles. The van der Waals surface area contributed by atoms with E-state index in [4.69, 9.17) is 5.73 Å². The summed E-state index contributed by atoms with van der Waals surface area (Å²) in [5.74, 6) is -1.26. The van der Waals surface area contributed by atoms with Crippen LogP contribution in [0.1, 0.15) is 35.3 Å². The van der Waals surface area contributed by atoms with Crippen LogP contribution < -0.4 is 16.4 Å². The number of carbonyl (C=O) groups excluding carboxylic acids is 3. The van der Waals surface area contributed by atoms with Gasteiger partial charge in [0.05, 0.1) is 0 Å². The average molecular weight is 339 g/mol. The van der Waals surface area contributed by atoms with Gasteiger partial charge in [-0.1, -0.05) is 48.5 Å². The number of rotatable bonds is 7. The van der Waals surface area contributed by atoms with Gasteiger partial charge in [-0.25, -0.2) is 0 Å². The average Bonchev–Trinajstić information content (AvgIpc) is 2.60. The minimum absolute atomic E-state index is 0.0369. The number of benzene rings is 2. The highest BCUT2D eigenvalue weighted by Gasteiger charge is 2.21. The molecular formula is C19H21N3O3. The van der Waals surface area contributed by atoms with E-state index in [1.54, 1.807) is 55.5 Å². The van der Waals surface area contributed by atoms with Gasteiger partial charge in [-0.05, 0) is 24.6 Å². The van der Waals surface area contributed by atoms with E-state index in [9.17, 15) is 14.4 Å². The first-order chi connectivity index (χ1) is 12.0. The van der Waals surface area contributed by atoms with Crippen LogP contribution >= 0.6 is 0 Å². The number of nitrogens with two attached hydrogens (primary N) is 1. The zero-order chi connectivity index (χ0) is 18.2. The van der Waals surface area contributed by atoms with Crippen LogP contribution in [0.2, 0.25) is 0 Å². The molecule has 2 unspecified atom stereocenters. The predicted octanol–water partition coefficient (Wildman–Crippen LogP) is 1.54. The van der Waals surface area contributed by atoms with Crippen molar-refractivity contribution in [3.8, 4) is 0 Å². The first-order valence-electron chi connectivity index (χ1n) is 7.97. The molecule has 0 heterocycles. The van der Waals surface area contributed by atoms with Gasteiger partial charge < -0.3 is 16.4 Å². The van der Waals surface area contributed by atoms with Crippen LogP contribution in [-0.2, 0) is 9.59 Å². The lowest BCUT2D eigenvalue weighted by Crippen LogP contribution is -2.41. The van der Waals surface area contributed by atoms with Crippen LogP contribution in [0.3, 0.4) is 0 Å². The summed E-state index contributed by atoms with van der Waals surface area (Å²) in [6.45, 7) is 1.72. The Bertz CT molecular complexity index is 732. The zero-order valence-electron chi connectivity index (χ0n) is 13.9. The molecule has 6 heteroatoms. The van der Waals surface area contributed by atoms with Crippen molar-refractivity contribution in [3.63, 3.8) is 0 Å². The molecule has 130 valence electrons. The van der Waals surface area contributed by atoms with E-state index in [1.807, 2.05) is 12.1 Å². The summed E-state index contributed by atoms with van der Waals surface area (Å²) in [4.78, 5) is 35.9. The maximum absolute atomic E-state index is 12.2. The molecular weight excluding hydrogens is 318 g/mol. The van der Waals surface area contributed by atoms with Gasteiger partial charge in [0.1, 0.15) is 6.04 Å². The SMILES string of the molecule is CC(CC(=O)NC(C(N)=O)c1ccccc1)NC(=O)c1ccccc1. The monoisotopic (exact) mass is 339 g/mol. The Labute approximate surface area is 146 Å². The fourth-order valence-corrected chi connectivity index (χ4v) is 2.41. The standard InChI is InChI=1S/C19H21N3O3/c1-13(21-19(25)15-10-6-3-7-11-15)12-16(23)22-17(18(20)24)14-8-4-2-5-9-14/h2-11,13,17H,12H2,1H3,(H2,20,24)(H,21,25)(H,22,23). The van der Waals surface area contributed by atoms with Gasteiger partial charge in [0.25, 0.3) is 5.91 Å². The van der Waals surface area contributed by atoms with Crippen molar-refractivity contribution in [3.05, 3.63) is 71.8 Å². The second-order valence-corrected chi connectivity index (χ2v) is 5.76. The summed E-state index contributed by atoms with van der Waals surface area (Å²) >= 11 is 0. The number of primary amides is 1. The number of nitrogens with one attached hydrogen (secondary N) is 2. The molecule has 2 atom stereocenters. The van der Waals surface area contributed by atoms with Crippen LogP contribution in [-0.4, -0.2) is 23.8 Å². The van der Waals surface area contributed by atoms with Crippen molar-refractivity contribution < 1.29 is 14.4 Å². The summed E-state index contributed by atoms with van der Waals surface area (Å²) < 4.78 is 0. The summed E-state index contributed by atoms with van der Waals surface area (Å²) in [5.41, 5.74) is 6.52. The summed E-state index contributed by atoms with van der Waals surface area (Å²) in [6, 6.07) is 16.2. The highest BCUT2D eigenvalue weighted by molar-refractivity contribution is 5.94. The minimum atomic E-state index is -0.897. The normalized spacial score (nSPS) is 12.7. The van der Waals surface area contributed by atoms with Gasteiger partial charge in [-0.2, -0.15) is 0 Å². The molecule has 2 aromatic rings. The van der Waals surface area contributed by atoms with Crippen molar-refractivity contribution in [2.45, 2.75) is 25.4 Å². The van der Waals surface area contributed by atoms with Crippen LogP contribution in [0.5, 0.6) is 0 Å². The van der Waals surface area contributed by atoms with Gasteiger partial charge in [0, 0.05) is 18.0 Å². The lowest BCUT2D eigenvalue weighted by atomic mass is 10.1. The van der Waals surface area contributed by atoms with E-state index in [0.29, 0.717) is 11.1 Å². The Kier molecular flexibility index (Phi) is 6.28. The van der Waals surface area contributed by atoms with Gasteiger partial charge >= 0.3 is 0 Å². The van der Waals surface area contributed by atoms with E-state index in [2.05, 4.69) is 10.6 Å². The number of carbonyl (C=O) groups is 3. The lowest BCUT2D eigenvalue weighted by Gasteiger charge is -2.18. The Hall–Kier alpha value is -3.15. The fourth-order valence-electron chi connectivity index (χ4n) is 2.41. The summed E-state index contributed by atoms with van der Waals surface area (Å²) in [6.07, 6.45) is 0.0369. The third kappa shape index (κ3) is 5.46. The smallest absolute Gasteiger partial charge is 0.251 e. The van der Waals surface area contributed by atoms with E-state index in [0.717, 1.165) is 0 Å². The van der Waals surface area contributed by atoms with E-state index < -0.39 is 18.0 Å². The first kappa shape index (κ1) is 18.2. The number of hydrogen-bond acceptors (Lipinski definition) is 3. The molecule has 25 heavy (non-hydrogen) atoms. The van der Waals surface area contributed by atoms with E-state index in [1.165, 1.54) is 0 Å². The molecule has 0 aromatic heterocycles. The maximum atomic E-state index is 12.2. The van der Waals surface area contributed by atoms with E-state index in [-0.39, 0.29) is 18.2 Å². The fraction of sp³-hybridized carbons (Fsp3) is 0.211. The van der Waals surface area contributed by atoms with Crippen LogP contribution in [0.15, 0.2) is 60.7 Å². The molecule has 0 spiro atoms. The van der Waals surface area contributed by atoms with Crippen LogP contribution in [0.25, 0.3) is 0 Å². The van der Waals surface area contributed by atoms with Gasteiger partial charge in [0.15, 0.2) is 0 Å². The third-order valence-electron chi connectivity index (χ3n) is 3.63. The van der Waals surface area contributed by atoms with Crippen molar-refractivity contribution in [1.82, 2.24) is 10.6 Å². The Balaban J connectivity index is 1.92. The Morgan fingerprint density at radius 1 is 0.920 bits per heavy atom. The van der Waals surface area contributed by atoms with Gasteiger partial charge in [0.2, 0.25) is 11.8 Å². The van der Waals surface area contributed by atoms with Crippen molar-refractivity contribution in [2.75, 3.05) is 0 Å². The molecule has 4 N–H and O–H groups in total. The molecule has 0 aliphatic heterocycles. The number of hydrogen-bond donors (Lipinski definition) is 3. The highest BCUT2D eigenvalue weighted by atomic mass is 16.2. The molecule has 0 saturated carbocycles. The highest BCUT2D eigenvalue weighted by Crippen LogP contribution is 2.12. The molecule has 2 rings (SSSR count). The second-order valence-electron chi connectivity index (χ2n) is 5.76. The predicted molar refractivity (Wildman–Crippen MR) is 94.5 cm³/mol. The topological polar surface area (TPSA) is 101 Å². The van der Waals surface area contributed by atoms with Gasteiger partial charge in [-0.3, -0.25) is 14.4 Å². The Morgan fingerprint density at radius 3 is 2.04 bits per heavy atom. The minimum Gasteiger partial charge on any atom is -0.368 e. The van der Waals surface area contributed by atoms with Crippen LogP contribution in [0.4, 0.5) is 0 Å². The lowest BCUT2D eigenvalue weighted by molar-refractivity contribution is -0.127. The third-order valence-corrected chi connectivity index (χ3v) is 3.63. The number of amides is 3. The molecule has 0 bridgehead atoms. The van der Waals surface area contributed by atoms with Crippen LogP contribution in [0, 0.1) is 0 Å². The summed E-state index contributed by atoms with van der Waals surface area (Å²) in [5, 5.41) is 5.37. The Morgan fingerprint density at radius 2 is 1.48 bits per heavy atom. The van der Waals surface area contributed by atoms with Gasteiger partial charge in [-0.15, -0.1) is 0 Å². The largest absolute Gasteiger partial charge is 0.368 e. The van der Waals surface area contributed by atoms with Crippen molar-refractivity contribution in [1.29, 1.82) is 0 Å². The molecule has 0 fully saturated rings. The summed E-state index contributed by atoms with van der Waals surface area (Å²) in [7, 11) is 0. The molecule has 0 saturated heterocycles. The second kappa shape index (κ2) is 8.63. The molecule has 0 radical (unpaired) electrons. The zero-order valence-corrected chi connectivity index (χ0v) is 13.9. The molecule has 0 aliphatic rings. The van der Waals surface area contributed by atoms with E-state index >= 15 is 0 Å². The maximum Gasteiger partial charge on any atom is 0.251 e. The molecule has 6 nitrogen and oxygen atoms in total. The molecule has 3 amide bonds. The first-order valence-corrected chi connectivity index (χ1v) is 7.97. The quantitative estimate of drug-likeness (QED) is 0.713. The van der Waals surface area contributed by atoms with Crippen molar-refractivity contribution in [2.24, 2.45) is 5.73 Å². The molecule has 0 aliphatic carbocycles. The van der Waals surface area contributed by atoms with Crippen molar-refractivity contribution >= 4 is 17.7 Å².